The van der Waals surface area contributed by atoms with Crippen LogP contribution in [0.1, 0.15) is 66.2 Å². The van der Waals surface area contributed by atoms with Gasteiger partial charge in [0.15, 0.2) is 0 Å². The Kier molecular flexibility index (Phi) is 7.25. The molecule has 0 aromatic carbocycles. The van der Waals surface area contributed by atoms with Gasteiger partial charge >= 0.3 is 0 Å². The van der Waals surface area contributed by atoms with Gasteiger partial charge in [-0.15, -0.1) is 0 Å². The van der Waals surface area contributed by atoms with Crippen LogP contribution in [0.15, 0.2) is 0 Å². The van der Waals surface area contributed by atoms with Crippen LogP contribution in [0.3, 0.4) is 0 Å². The van der Waals surface area contributed by atoms with Crippen molar-refractivity contribution in [2.75, 3.05) is 19.8 Å². The van der Waals surface area contributed by atoms with Crippen molar-refractivity contribution in [1.82, 2.24) is 5.32 Å². The van der Waals surface area contributed by atoms with Crippen molar-refractivity contribution in [3.05, 3.63) is 0 Å². The predicted molar refractivity (Wildman–Crippen MR) is 78.9 cm³/mol. The van der Waals surface area contributed by atoms with E-state index in [2.05, 4.69) is 33.0 Å². The molecule has 1 rings (SSSR count). The topological polar surface area (TPSA) is 21.3 Å². The molecule has 0 saturated heterocycles. The van der Waals surface area contributed by atoms with Crippen molar-refractivity contribution in [2.45, 2.75) is 72.3 Å². The van der Waals surface area contributed by atoms with Gasteiger partial charge in [0.2, 0.25) is 0 Å². The summed E-state index contributed by atoms with van der Waals surface area (Å²) >= 11 is 0. The Labute approximate surface area is 114 Å². The van der Waals surface area contributed by atoms with Gasteiger partial charge < -0.3 is 10.1 Å². The van der Waals surface area contributed by atoms with E-state index in [1.165, 1.54) is 45.1 Å². The number of hydrogen-bond donors (Lipinski definition) is 1. The van der Waals surface area contributed by atoms with E-state index < -0.39 is 0 Å². The summed E-state index contributed by atoms with van der Waals surface area (Å²) in [5, 5.41) is 3.70. The Morgan fingerprint density at radius 1 is 1.17 bits per heavy atom. The number of rotatable bonds is 11. The highest BCUT2D eigenvalue weighted by atomic mass is 16.5. The van der Waals surface area contributed by atoms with Crippen molar-refractivity contribution < 1.29 is 4.74 Å². The number of nitrogens with one attached hydrogen (secondary N) is 1. The molecule has 0 spiro atoms. The zero-order valence-corrected chi connectivity index (χ0v) is 12.9. The Morgan fingerprint density at radius 2 is 1.83 bits per heavy atom. The highest BCUT2D eigenvalue weighted by molar-refractivity contribution is 4.86. The lowest BCUT2D eigenvalue weighted by molar-refractivity contribution is 0.0814. The Hall–Kier alpha value is -0.0800. The van der Waals surface area contributed by atoms with E-state index in [1.54, 1.807) is 0 Å². The van der Waals surface area contributed by atoms with E-state index in [4.69, 9.17) is 4.74 Å². The van der Waals surface area contributed by atoms with Crippen LogP contribution >= 0.6 is 0 Å². The predicted octanol–water partition coefficient (Wildman–Crippen LogP) is 4.00. The van der Waals surface area contributed by atoms with Gasteiger partial charge in [-0.2, -0.15) is 0 Å². The van der Waals surface area contributed by atoms with Crippen molar-refractivity contribution in [1.29, 1.82) is 0 Å². The first kappa shape index (κ1) is 16.0. The molecule has 2 heteroatoms. The lowest BCUT2D eigenvalue weighted by atomic mass is 9.79. The van der Waals surface area contributed by atoms with Crippen LogP contribution in [0.5, 0.6) is 0 Å². The van der Waals surface area contributed by atoms with Crippen LogP contribution in [0.25, 0.3) is 0 Å². The maximum Gasteiger partial charge on any atom is 0.0471 e. The molecule has 1 aliphatic carbocycles. The zero-order valence-electron chi connectivity index (χ0n) is 12.9. The molecule has 1 N–H and O–H groups in total. The fraction of sp³-hybridized carbons (Fsp3) is 1.00. The summed E-state index contributed by atoms with van der Waals surface area (Å²) in [5.41, 5.74) is 0.459. The van der Waals surface area contributed by atoms with Gasteiger partial charge in [0.25, 0.3) is 0 Å². The van der Waals surface area contributed by atoms with Crippen molar-refractivity contribution >= 4 is 0 Å². The monoisotopic (exact) mass is 255 g/mol. The second-order valence-corrected chi connectivity index (χ2v) is 6.41. The first-order chi connectivity index (χ1) is 8.62. The van der Waals surface area contributed by atoms with Crippen molar-refractivity contribution in [3.63, 3.8) is 0 Å². The lowest BCUT2D eigenvalue weighted by Gasteiger charge is -2.32. The molecule has 0 atom stereocenters. The lowest BCUT2D eigenvalue weighted by Crippen LogP contribution is -2.35. The minimum absolute atomic E-state index is 0.459. The molecule has 1 fully saturated rings. The summed E-state index contributed by atoms with van der Waals surface area (Å²) in [5.74, 6) is 0.753. The van der Waals surface area contributed by atoms with Crippen LogP contribution in [-0.2, 0) is 4.74 Å². The molecule has 108 valence electrons. The molecule has 2 nitrogen and oxygen atoms in total. The smallest absolute Gasteiger partial charge is 0.0471 e. The molecule has 0 heterocycles. The average molecular weight is 255 g/mol. The first-order valence-electron chi connectivity index (χ1n) is 7.93. The average Bonchev–Trinajstić information content (AvgIpc) is 3.17. The Bertz CT molecular complexity index is 207. The molecule has 0 unspecified atom stereocenters. The molecular weight excluding hydrogens is 222 g/mol. The summed E-state index contributed by atoms with van der Waals surface area (Å²) in [6.07, 6.45) is 7.68. The van der Waals surface area contributed by atoms with Gasteiger partial charge in [0, 0.05) is 25.8 Å². The standard InChI is InChI=1S/C16H33NO/c1-5-16(6-2,13-17-15-7-8-15)10-12-18-11-9-14(3)4/h14-15,17H,5-13H2,1-4H3. The Morgan fingerprint density at radius 3 is 2.33 bits per heavy atom. The van der Waals surface area contributed by atoms with Gasteiger partial charge in [-0.3, -0.25) is 0 Å². The molecule has 0 radical (unpaired) electrons. The highest BCUT2D eigenvalue weighted by Gasteiger charge is 2.29. The molecule has 1 aliphatic rings. The molecule has 0 amide bonds. The normalized spacial score (nSPS) is 16.5. The van der Waals surface area contributed by atoms with E-state index in [0.29, 0.717) is 5.41 Å². The van der Waals surface area contributed by atoms with Crippen LogP contribution in [0.2, 0.25) is 0 Å². The fourth-order valence-corrected chi connectivity index (χ4v) is 2.30. The van der Waals surface area contributed by atoms with Crippen LogP contribution < -0.4 is 5.32 Å². The molecule has 1 saturated carbocycles. The maximum absolute atomic E-state index is 5.80. The van der Waals surface area contributed by atoms with E-state index in [9.17, 15) is 0 Å². The van der Waals surface area contributed by atoms with Gasteiger partial charge in [-0.25, -0.2) is 0 Å². The first-order valence-corrected chi connectivity index (χ1v) is 7.93. The second kappa shape index (κ2) is 8.16. The largest absolute Gasteiger partial charge is 0.381 e. The van der Waals surface area contributed by atoms with Gasteiger partial charge in [-0.05, 0) is 49.9 Å². The van der Waals surface area contributed by atoms with E-state index in [1.807, 2.05) is 0 Å². The quantitative estimate of drug-likeness (QED) is 0.564. The van der Waals surface area contributed by atoms with E-state index in [0.717, 1.165) is 25.2 Å². The fourth-order valence-electron chi connectivity index (χ4n) is 2.30. The molecular formula is C16H33NO. The summed E-state index contributed by atoms with van der Waals surface area (Å²) in [4.78, 5) is 0. The third-order valence-corrected chi connectivity index (χ3v) is 4.46. The molecule has 18 heavy (non-hydrogen) atoms. The summed E-state index contributed by atoms with van der Waals surface area (Å²) in [6, 6.07) is 0.823. The molecule has 0 bridgehead atoms. The second-order valence-electron chi connectivity index (χ2n) is 6.41. The number of ether oxygens (including phenoxy) is 1. The maximum atomic E-state index is 5.80. The van der Waals surface area contributed by atoms with E-state index in [-0.39, 0.29) is 0 Å². The summed E-state index contributed by atoms with van der Waals surface area (Å²) in [7, 11) is 0. The third-order valence-electron chi connectivity index (χ3n) is 4.46. The zero-order chi connectivity index (χ0) is 13.4. The van der Waals surface area contributed by atoms with Crippen LogP contribution in [-0.4, -0.2) is 25.8 Å². The molecule has 0 aromatic rings. The number of hydrogen-bond acceptors (Lipinski definition) is 2. The van der Waals surface area contributed by atoms with Crippen molar-refractivity contribution in [2.24, 2.45) is 11.3 Å². The van der Waals surface area contributed by atoms with Crippen LogP contribution in [0, 0.1) is 11.3 Å². The van der Waals surface area contributed by atoms with Gasteiger partial charge in [0.1, 0.15) is 0 Å². The van der Waals surface area contributed by atoms with Gasteiger partial charge in [-0.1, -0.05) is 27.7 Å². The molecule has 0 aliphatic heterocycles. The Balaban J connectivity index is 2.18. The summed E-state index contributed by atoms with van der Waals surface area (Å²) in [6.45, 7) is 12.2. The molecule has 0 aromatic heterocycles. The minimum atomic E-state index is 0.459. The highest BCUT2D eigenvalue weighted by Crippen LogP contribution is 2.31. The third kappa shape index (κ3) is 6.19. The van der Waals surface area contributed by atoms with Crippen molar-refractivity contribution in [3.8, 4) is 0 Å². The SMILES string of the molecule is CCC(CC)(CCOCCC(C)C)CNC1CC1. The summed E-state index contributed by atoms with van der Waals surface area (Å²) < 4.78 is 5.80. The van der Waals surface area contributed by atoms with Gasteiger partial charge in [0.05, 0.1) is 0 Å². The van der Waals surface area contributed by atoms with Crippen LogP contribution in [0.4, 0.5) is 0 Å². The minimum Gasteiger partial charge on any atom is -0.381 e. The van der Waals surface area contributed by atoms with E-state index >= 15 is 0 Å².